The minimum Gasteiger partial charge on any atom is -0.332 e. The second-order valence-corrected chi connectivity index (χ2v) is 4.63. The van der Waals surface area contributed by atoms with Crippen LogP contribution in [0.15, 0.2) is 48.5 Å². The molecule has 5 heteroatoms. The molecule has 2 aromatic rings. The number of carbonyl (C=O) groups excluding carboxylic acids is 1. The maximum absolute atomic E-state index is 12.8. The fraction of sp³-hybridized carbons (Fsp3) is 0.0667. The number of carbonyl (C=O) groups is 1. The highest BCUT2D eigenvalue weighted by molar-refractivity contribution is 7.80. The van der Waals surface area contributed by atoms with Crippen LogP contribution in [-0.2, 0) is 0 Å². The Hall–Kier alpha value is -2.27. The highest BCUT2D eigenvalue weighted by Crippen LogP contribution is 2.12. The van der Waals surface area contributed by atoms with Gasteiger partial charge in [-0.15, -0.1) is 0 Å². The van der Waals surface area contributed by atoms with Crippen LogP contribution in [0.1, 0.15) is 17.3 Å². The van der Waals surface area contributed by atoms with E-state index in [1.807, 2.05) is 0 Å². The number of benzene rings is 2. The van der Waals surface area contributed by atoms with Crippen LogP contribution in [0.3, 0.4) is 0 Å². The molecule has 0 saturated carbocycles. The quantitative estimate of drug-likeness (QED) is 0.665. The summed E-state index contributed by atoms with van der Waals surface area (Å²) in [4.78, 5) is 11.2. The van der Waals surface area contributed by atoms with Gasteiger partial charge in [0.05, 0.1) is 0 Å². The van der Waals surface area contributed by atoms with Crippen molar-refractivity contribution in [3.63, 3.8) is 0 Å². The largest absolute Gasteiger partial charge is 0.332 e. The van der Waals surface area contributed by atoms with E-state index in [1.165, 1.54) is 19.1 Å². The number of Topliss-reactive ketones (excluding diaryl/α,β-unsaturated/α-hetero) is 1. The molecule has 0 aliphatic heterocycles. The van der Waals surface area contributed by atoms with Gasteiger partial charge in [0.15, 0.2) is 10.9 Å². The van der Waals surface area contributed by atoms with Crippen molar-refractivity contribution in [3.05, 3.63) is 59.9 Å². The monoisotopic (exact) mass is 288 g/mol. The maximum atomic E-state index is 12.8. The number of hydrogen-bond acceptors (Lipinski definition) is 2. The fourth-order valence-electron chi connectivity index (χ4n) is 1.61. The van der Waals surface area contributed by atoms with E-state index in [1.54, 1.807) is 36.4 Å². The SMILES string of the molecule is CC(=O)c1ccc(NC(=S)Nc2ccc(F)cc2)cc1. The maximum Gasteiger partial charge on any atom is 0.175 e. The highest BCUT2D eigenvalue weighted by Gasteiger charge is 2.01. The number of thiocarbonyl (C=S) groups is 1. The summed E-state index contributed by atoms with van der Waals surface area (Å²) in [6.07, 6.45) is 0. The lowest BCUT2D eigenvalue weighted by Gasteiger charge is -2.10. The van der Waals surface area contributed by atoms with E-state index in [4.69, 9.17) is 12.2 Å². The molecule has 2 rings (SSSR count). The van der Waals surface area contributed by atoms with Crippen LogP contribution in [0.4, 0.5) is 15.8 Å². The fourth-order valence-corrected chi connectivity index (χ4v) is 1.85. The molecule has 0 aliphatic rings. The van der Waals surface area contributed by atoms with Crippen LogP contribution in [0.2, 0.25) is 0 Å². The van der Waals surface area contributed by atoms with Crippen molar-refractivity contribution in [3.8, 4) is 0 Å². The van der Waals surface area contributed by atoms with Crippen LogP contribution in [-0.4, -0.2) is 10.9 Å². The molecule has 0 radical (unpaired) electrons. The smallest absolute Gasteiger partial charge is 0.175 e. The third-order valence-corrected chi connectivity index (χ3v) is 2.86. The topological polar surface area (TPSA) is 41.1 Å². The van der Waals surface area contributed by atoms with Crippen LogP contribution in [0.25, 0.3) is 0 Å². The van der Waals surface area contributed by atoms with Gasteiger partial charge in [-0.2, -0.15) is 0 Å². The summed E-state index contributed by atoms with van der Waals surface area (Å²) in [5.41, 5.74) is 2.12. The first-order valence-electron chi connectivity index (χ1n) is 5.99. The average molecular weight is 288 g/mol. The first-order chi connectivity index (χ1) is 9.54. The minimum atomic E-state index is -0.297. The molecule has 0 saturated heterocycles. The molecule has 2 N–H and O–H groups in total. The van der Waals surface area contributed by atoms with Gasteiger partial charge in [-0.1, -0.05) is 0 Å². The third kappa shape index (κ3) is 3.86. The summed E-state index contributed by atoms with van der Waals surface area (Å²) in [6, 6.07) is 12.9. The van der Waals surface area contributed by atoms with Gasteiger partial charge in [-0.3, -0.25) is 4.79 Å². The molecule has 0 amide bonds. The van der Waals surface area contributed by atoms with E-state index < -0.39 is 0 Å². The summed E-state index contributed by atoms with van der Waals surface area (Å²) < 4.78 is 12.8. The molecule has 20 heavy (non-hydrogen) atoms. The van der Waals surface area contributed by atoms with Crippen molar-refractivity contribution in [1.82, 2.24) is 0 Å². The van der Waals surface area contributed by atoms with E-state index in [2.05, 4.69) is 10.6 Å². The van der Waals surface area contributed by atoms with Gasteiger partial charge in [0.2, 0.25) is 0 Å². The second kappa shape index (κ2) is 6.25. The van der Waals surface area contributed by atoms with Gasteiger partial charge in [-0.25, -0.2) is 4.39 Å². The number of ketones is 1. The van der Waals surface area contributed by atoms with E-state index >= 15 is 0 Å². The molecular weight excluding hydrogens is 275 g/mol. The van der Waals surface area contributed by atoms with E-state index in [9.17, 15) is 9.18 Å². The molecule has 0 atom stereocenters. The summed E-state index contributed by atoms with van der Waals surface area (Å²) in [5.74, 6) is -0.280. The lowest BCUT2D eigenvalue weighted by Crippen LogP contribution is -2.19. The number of rotatable bonds is 3. The van der Waals surface area contributed by atoms with Crippen molar-refractivity contribution < 1.29 is 9.18 Å². The minimum absolute atomic E-state index is 0.0172. The van der Waals surface area contributed by atoms with Crippen molar-refractivity contribution >= 4 is 34.5 Å². The van der Waals surface area contributed by atoms with Crippen molar-refractivity contribution in [2.45, 2.75) is 6.92 Å². The van der Waals surface area contributed by atoms with E-state index in [0.717, 1.165) is 5.69 Å². The predicted octanol–water partition coefficient (Wildman–Crippen LogP) is 3.84. The Morgan fingerprint density at radius 1 is 0.950 bits per heavy atom. The number of hydrogen-bond donors (Lipinski definition) is 2. The molecular formula is C15H13FN2OS. The summed E-state index contributed by atoms with van der Waals surface area (Å²) in [5, 5.41) is 6.32. The van der Waals surface area contributed by atoms with Crippen molar-refractivity contribution in [1.29, 1.82) is 0 Å². The van der Waals surface area contributed by atoms with Crippen molar-refractivity contribution in [2.75, 3.05) is 10.6 Å². The van der Waals surface area contributed by atoms with Gasteiger partial charge < -0.3 is 10.6 Å². The lowest BCUT2D eigenvalue weighted by molar-refractivity contribution is 0.101. The molecule has 0 fully saturated rings. The number of nitrogens with one attached hydrogen (secondary N) is 2. The zero-order valence-electron chi connectivity index (χ0n) is 10.8. The Morgan fingerprint density at radius 2 is 1.40 bits per heavy atom. The Labute approximate surface area is 121 Å². The molecule has 0 aliphatic carbocycles. The van der Waals surface area contributed by atoms with Crippen LogP contribution < -0.4 is 10.6 Å². The summed E-state index contributed by atoms with van der Waals surface area (Å²) in [6.45, 7) is 1.52. The molecule has 3 nitrogen and oxygen atoms in total. The summed E-state index contributed by atoms with van der Waals surface area (Å²) >= 11 is 5.15. The first kappa shape index (κ1) is 14.1. The van der Waals surface area contributed by atoms with Gasteiger partial charge >= 0.3 is 0 Å². The molecule has 0 aromatic heterocycles. The van der Waals surface area contributed by atoms with Crippen LogP contribution in [0.5, 0.6) is 0 Å². The molecule has 0 bridgehead atoms. The number of anilines is 2. The van der Waals surface area contributed by atoms with Crippen LogP contribution in [0, 0.1) is 5.82 Å². The van der Waals surface area contributed by atoms with Gasteiger partial charge in [-0.05, 0) is 67.7 Å². The van der Waals surface area contributed by atoms with E-state index in [0.29, 0.717) is 16.4 Å². The first-order valence-corrected chi connectivity index (χ1v) is 6.40. The zero-order valence-corrected chi connectivity index (χ0v) is 11.6. The van der Waals surface area contributed by atoms with Gasteiger partial charge in [0.1, 0.15) is 5.82 Å². The molecule has 0 unspecified atom stereocenters. The van der Waals surface area contributed by atoms with Crippen LogP contribution >= 0.6 is 12.2 Å². The normalized spacial score (nSPS) is 9.90. The molecule has 2 aromatic carbocycles. The van der Waals surface area contributed by atoms with Gasteiger partial charge in [0.25, 0.3) is 0 Å². The molecule has 0 heterocycles. The van der Waals surface area contributed by atoms with Crippen molar-refractivity contribution in [2.24, 2.45) is 0 Å². The Morgan fingerprint density at radius 3 is 1.85 bits per heavy atom. The second-order valence-electron chi connectivity index (χ2n) is 4.22. The highest BCUT2D eigenvalue weighted by atomic mass is 32.1. The Bertz CT molecular complexity index is 623. The summed E-state index contributed by atoms with van der Waals surface area (Å²) in [7, 11) is 0. The van der Waals surface area contributed by atoms with Gasteiger partial charge in [0, 0.05) is 16.9 Å². The Kier molecular flexibility index (Phi) is 4.42. The van der Waals surface area contributed by atoms with E-state index in [-0.39, 0.29) is 11.6 Å². The average Bonchev–Trinajstić information content (AvgIpc) is 2.42. The zero-order chi connectivity index (χ0) is 14.5. The third-order valence-electron chi connectivity index (χ3n) is 2.65. The predicted molar refractivity (Wildman–Crippen MR) is 82.7 cm³/mol. The molecule has 0 spiro atoms. The Balaban J connectivity index is 1.97. The standard InChI is InChI=1S/C15H13FN2OS/c1-10(19)11-2-6-13(7-3-11)17-15(20)18-14-8-4-12(16)5-9-14/h2-9H,1H3,(H2,17,18,20). The lowest BCUT2D eigenvalue weighted by atomic mass is 10.1. The molecule has 102 valence electrons. The number of halogens is 1.